The van der Waals surface area contributed by atoms with Crippen LogP contribution in [-0.4, -0.2) is 38.3 Å². The lowest BCUT2D eigenvalue weighted by molar-refractivity contribution is 0.0944. The van der Waals surface area contributed by atoms with Gasteiger partial charge in [0.1, 0.15) is 0 Å². The number of nitrogens with one attached hydrogen (secondary N) is 2. The molecule has 0 atom stereocenters. The largest absolute Gasteiger partial charge is 0.367 e. The fourth-order valence-corrected chi connectivity index (χ4v) is 5.11. The number of anilines is 1. The van der Waals surface area contributed by atoms with Crippen molar-refractivity contribution in [3.8, 4) is 11.1 Å². The van der Waals surface area contributed by atoms with E-state index in [1.165, 1.54) is 27.9 Å². The summed E-state index contributed by atoms with van der Waals surface area (Å²) in [6.45, 7) is 4.83. The van der Waals surface area contributed by atoms with Crippen LogP contribution in [0.1, 0.15) is 40.7 Å². The highest BCUT2D eigenvalue weighted by Crippen LogP contribution is 2.30. The number of piperidine rings is 1. The zero-order valence-corrected chi connectivity index (χ0v) is 21.6. The second-order valence-electron chi connectivity index (χ2n) is 9.34. The molecule has 184 valence electrons. The lowest BCUT2D eigenvalue weighted by Gasteiger charge is -2.32. The topological polar surface area (TPSA) is 44.4 Å². The van der Waals surface area contributed by atoms with Crippen LogP contribution in [0, 0.1) is 5.92 Å². The monoisotopic (exact) mass is 487 g/mol. The van der Waals surface area contributed by atoms with E-state index in [0.29, 0.717) is 5.92 Å². The summed E-state index contributed by atoms with van der Waals surface area (Å²) in [5.41, 5.74) is 7.16. The first-order valence-corrected chi connectivity index (χ1v) is 13.6. The molecule has 0 radical (unpaired) electrons. The highest BCUT2D eigenvalue weighted by atomic mass is 32.1. The molecule has 0 aliphatic carbocycles. The van der Waals surface area contributed by atoms with E-state index >= 15 is 0 Å². The van der Waals surface area contributed by atoms with Gasteiger partial charge >= 0.3 is 0 Å². The highest BCUT2D eigenvalue weighted by molar-refractivity contribution is 7.79. The quantitative estimate of drug-likeness (QED) is 0.398. The standard InChI is InChI=1S/C29H33N3O.CH4S/c33-29(31-20-22-13-15-30-16-14-22)27-11-12-28-26(19-27)10-5-17-32(28)21-23-6-4-9-25(18-23)24-7-2-1-3-8-24;1-2/h1-4,6-9,11-12,18-19,22,30H,5,10,13-17,20-21H2,(H,31,33);2H,1H3. The van der Waals surface area contributed by atoms with Gasteiger partial charge in [-0.15, -0.1) is 0 Å². The molecule has 0 bridgehead atoms. The number of amides is 1. The van der Waals surface area contributed by atoms with Gasteiger partial charge in [0.2, 0.25) is 0 Å². The van der Waals surface area contributed by atoms with Crippen molar-refractivity contribution < 1.29 is 4.79 Å². The molecule has 5 rings (SSSR count). The van der Waals surface area contributed by atoms with Crippen LogP contribution in [0.5, 0.6) is 0 Å². The first-order valence-electron chi connectivity index (χ1n) is 12.7. The van der Waals surface area contributed by atoms with E-state index in [9.17, 15) is 4.79 Å². The molecule has 0 spiro atoms. The molecular formula is C30H37N3OS. The number of aryl methyl sites for hydroxylation is 1. The Morgan fingerprint density at radius 3 is 2.54 bits per heavy atom. The molecule has 0 saturated carbocycles. The Balaban J connectivity index is 0.00000141. The number of fused-ring (bicyclic) bond motifs is 1. The summed E-state index contributed by atoms with van der Waals surface area (Å²) in [5.74, 6) is 0.652. The second kappa shape index (κ2) is 12.8. The summed E-state index contributed by atoms with van der Waals surface area (Å²) in [7, 11) is 0. The van der Waals surface area contributed by atoms with Gasteiger partial charge in [-0.1, -0.05) is 48.5 Å². The Morgan fingerprint density at radius 2 is 1.74 bits per heavy atom. The van der Waals surface area contributed by atoms with Gasteiger partial charge < -0.3 is 15.5 Å². The van der Waals surface area contributed by atoms with Gasteiger partial charge in [-0.25, -0.2) is 0 Å². The molecule has 35 heavy (non-hydrogen) atoms. The van der Waals surface area contributed by atoms with Gasteiger partial charge in [0, 0.05) is 30.9 Å². The first kappa shape index (κ1) is 25.3. The Morgan fingerprint density at radius 1 is 0.971 bits per heavy atom. The maximum atomic E-state index is 12.8. The Hall–Kier alpha value is -2.76. The molecule has 1 saturated heterocycles. The van der Waals surface area contributed by atoms with E-state index < -0.39 is 0 Å². The van der Waals surface area contributed by atoms with E-state index in [0.717, 1.165) is 64.0 Å². The van der Waals surface area contributed by atoms with Crippen molar-refractivity contribution in [1.82, 2.24) is 10.6 Å². The SMILES string of the molecule is CS.O=C(NCC1CCNCC1)c1ccc2c(c1)CCCN2Cc1cccc(-c2ccccc2)c1. The molecule has 3 aromatic carbocycles. The zero-order valence-electron chi connectivity index (χ0n) is 20.7. The molecule has 5 heteroatoms. The molecule has 2 aliphatic heterocycles. The fourth-order valence-electron chi connectivity index (χ4n) is 5.11. The maximum Gasteiger partial charge on any atom is 0.251 e. The minimum Gasteiger partial charge on any atom is -0.367 e. The van der Waals surface area contributed by atoms with E-state index in [1.807, 2.05) is 6.07 Å². The third-order valence-electron chi connectivity index (χ3n) is 6.97. The third-order valence-corrected chi connectivity index (χ3v) is 6.97. The summed E-state index contributed by atoms with van der Waals surface area (Å²) in [6.07, 6.45) is 6.13. The Kier molecular flexibility index (Phi) is 9.27. The molecule has 2 heterocycles. The van der Waals surface area contributed by atoms with Gasteiger partial charge in [0.15, 0.2) is 0 Å². The average molecular weight is 488 g/mol. The Bertz CT molecular complexity index is 1100. The molecule has 3 aromatic rings. The summed E-state index contributed by atoms with van der Waals surface area (Å²) in [6, 6.07) is 25.6. The predicted molar refractivity (Wildman–Crippen MR) is 151 cm³/mol. The normalized spacial score (nSPS) is 15.5. The van der Waals surface area contributed by atoms with Crippen LogP contribution in [0.3, 0.4) is 0 Å². The zero-order chi connectivity index (χ0) is 24.5. The predicted octanol–water partition coefficient (Wildman–Crippen LogP) is 5.58. The van der Waals surface area contributed by atoms with Crippen molar-refractivity contribution in [3.05, 3.63) is 89.5 Å². The lowest BCUT2D eigenvalue weighted by atomic mass is 9.96. The van der Waals surface area contributed by atoms with Crippen LogP contribution in [0.15, 0.2) is 72.8 Å². The number of rotatable bonds is 6. The summed E-state index contributed by atoms with van der Waals surface area (Å²) >= 11 is 3.53. The summed E-state index contributed by atoms with van der Waals surface area (Å²) < 4.78 is 0. The van der Waals surface area contributed by atoms with Gasteiger partial charge in [-0.05, 0) is 97.5 Å². The molecule has 1 fully saturated rings. The van der Waals surface area contributed by atoms with Crippen LogP contribution < -0.4 is 15.5 Å². The number of hydrogen-bond acceptors (Lipinski definition) is 4. The van der Waals surface area contributed by atoms with Gasteiger partial charge in [0.05, 0.1) is 0 Å². The van der Waals surface area contributed by atoms with Crippen LogP contribution in [-0.2, 0) is 13.0 Å². The van der Waals surface area contributed by atoms with Crippen molar-refractivity contribution in [2.24, 2.45) is 5.92 Å². The van der Waals surface area contributed by atoms with Crippen molar-refractivity contribution in [2.75, 3.05) is 37.3 Å². The number of carbonyl (C=O) groups is 1. The number of thiol groups is 1. The van der Waals surface area contributed by atoms with E-state index in [4.69, 9.17) is 0 Å². The lowest BCUT2D eigenvalue weighted by Crippen LogP contribution is -2.36. The second-order valence-corrected chi connectivity index (χ2v) is 9.34. The van der Waals surface area contributed by atoms with E-state index in [-0.39, 0.29) is 5.91 Å². The minimum atomic E-state index is 0.0593. The number of benzene rings is 3. The highest BCUT2D eigenvalue weighted by Gasteiger charge is 2.20. The van der Waals surface area contributed by atoms with Crippen molar-refractivity contribution in [3.63, 3.8) is 0 Å². The average Bonchev–Trinajstić information content (AvgIpc) is 2.94. The molecule has 2 N–H and O–H groups in total. The van der Waals surface area contributed by atoms with E-state index in [1.54, 1.807) is 6.26 Å². The van der Waals surface area contributed by atoms with Crippen molar-refractivity contribution in [1.29, 1.82) is 0 Å². The fraction of sp³-hybridized carbons (Fsp3) is 0.367. The van der Waals surface area contributed by atoms with Crippen LogP contribution in [0.2, 0.25) is 0 Å². The van der Waals surface area contributed by atoms with E-state index in [2.05, 4.69) is 94.9 Å². The van der Waals surface area contributed by atoms with Crippen LogP contribution in [0.4, 0.5) is 5.69 Å². The third kappa shape index (κ3) is 6.68. The number of carbonyl (C=O) groups excluding carboxylic acids is 1. The number of nitrogens with zero attached hydrogens (tertiary/aromatic N) is 1. The minimum absolute atomic E-state index is 0.0593. The van der Waals surface area contributed by atoms with Crippen molar-refractivity contribution >= 4 is 24.2 Å². The molecular weight excluding hydrogens is 450 g/mol. The molecule has 4 nitrogen and oxygen atoms in total. The Labute approximate surface area is 215 Å². The van der Waals surface area contributed by atoms with Gasteiger partial charge in [-0.3, -0.25) is 4.79 Å². The first-order chi connectivity index (χ1) is 17.3. The van der Waals surface area contributed by atoms with Crippen molar-refractivity contribution in [2.45, 2.75) is 32.2 Å². The molecule has 2 aliphatic rings. The maximum absolute atomic E-state index is 12.8. The van der Waals surface area contributed by atoms with Crippen LogP contribution >= 0.6 is 12.6 Å². The summed E-state index contributed by atoms with van der Waals surface area (Å²) in [4.78, 5) is 15.2. The molecule has 0 unspecified atom stereocenters. The van der Waals surface area contributed by atoms with Gasteiger partial charge in [0.25, 0.3) is 5.91 Å². The molecule has 1 amide bonds. The van der Waals surface area contributed by atoms with Crippen LogP contribution in [0.25, 0.3) is 11.1 Å². The number of hydrogen-bond donors (Lipinski definition) is 3. The van der Waals surface area contributed by atoms with Gasteiger partial charge in [-0.2, -0.15) is 12.6 Å². The smallest absolute Gasteiger partial charge is 0.251 e. The summed E-state index contributed by atoms with van der Waals surface area (Å²) in [5, 5.41) is 6.55. The molecule has 0 aromatic heterocycles.